The number of benzene rings is 2. The first-order chi connectivity index (χ1) is 12.6. The van der Waals surface area contributed by atoms with E-state index in [0.29, 0.717) is 23.3 Å². The van der Waals surface area contributed by atoms with E-state index in [0.717, 1.165) is 11.4 Å². The second-order valence-corrected chi connectivity index (χ2v) is 6.25. The standard InChI is InChI=1S/C20H19N3O3/c1-3-26-15-10-8-14(9-11-15)23-13(2)19-21-17-7-5-4-6-16(17)20(25)22(19)12-18(23)24/h4-11,13H,3,12H2,1-2H3. The number of carbonyl (C=O) groups excluding carboxylic acids is 1. The van der Waals surface area contributed by atoms with Crippen LogP contribution in [0.2, 0.25) is 0 Å². The van der Waals surface area contributed by atoms with Crippen LogP contribution in [0.3, 0.4) is 0 Å². The van der Waals surface area contributed by atoms with E-state index in [1.807, 2.05) is 50.2 Å². The van der Waals surface area contributed by atoms with E-state index in [2.05, 4.69) is 4.98 Å². The lowest BCUT2D eigenvalue weighted by molar-refractivity contribution is -0.120. The highest BCUT2D eigenvalue weighted by atomic mass is 16.5. The number of ether oxygens (including phenoxy) is 1. The van der Waals surface area contributed by atoms with Gasteiger partial charge in [0.15, 0.2) is 0 Å². The SMILES string of the molecule is CCOc1ccc(N2C(=O)Cn3c(nc4ccccc4c3=O)C2C)cc1. The molecule has 1 aromatic heterocycles. The molecule has 1 amide bonds. The summed E-state index contributed by atoms with van der Waals surface area (Å²) in [4.78, 5) is 31.9. The summed E-state index contributed by atoms with van der Waals surface area (Å²) in [6.07, 6.45) is 0. The van der Waals surface area contributed by atoms with E-state index in [1.165, 1.54) is 4.57 Å². The van der Waals surface area contributed by atoms with E-state index in [9.17, 15) is 9.59 Å². The van der Waals surface area contributed by atoms with E-state index in [4.69, 9.17) is 4.74 Å². The molecule has 1 unspecified atom stereocenters. The molecule has 2 heterocycles. The zero-order valence-corrected chi connectivity index (χ0v) is 14.7. The number of nitrogens with zero attached hydrogens (tertiary/aromatic N) is 3. The van der Waals surface area contributed by atoms with Crippen LogP contribution in [0, 0.1) is 0 Å². The molecular weight excluding hydrogens is 330 g/mol. The summed E-state index contributed by atoms with van der Waals surface area (Å²) >= 11 is 0. The number of aromatic nitrogens is 2. The second-order valence-electron chi connectivity index (χ2n) is 6.25. The molecule has 0 spiro atoms. The van der Waals surface area contributed by atoms with Crippen molar-refractivity contribution in [3.05, 3.63) is 64.7 Å². The van der Waals surface area contributed by atoms with Crippen molar-refractivity contribution in [2.45, 2.75) is 26.4 Å². The lowest BCUT2D eigenvalue weighted by Gasteiger charge is -2.35. The minimum Gasteiger partial charge on any atom is -0.494 e. The van der Waals surface area contributed by atoms with Gasteiger partial charge in [0.2, 0.25) is 5.91 Å². The number of amides is 1. The zero-order valence-electron chi connectivity index (χ0n) is 14.7. The van der Waals surface area contributed by atoms with Gasteiger partial charge in [-0.25, -0.2) is 4.98 Å². The van der Waals surface area contributed by atoms with Crippen molar-refractivity contribution in [1.29, 1.82) is 0 Å². The number of rotatable bonds is 3. The van der Waals surface area contributed by atoms with E-state index < -0.39 is 0 Å². The number of para-hydroxylation sites is 1. The van der Waals surface area contributed by atoms with Gasteiger partial charge in [-0.15, -0.1) is 0 Å². The third kappa shape index (κ3) is 2.54. The minimum atomic E-state index is -0.341. The average Bonchev–Trinajstić information content (AvgIpc) is 2.65. The average molecular weight is 349 g/mol. The molecule has 4 rings (SSSR count). The Morgan fingerprint density at radius 2 is 1.85 bits per heavy atom. The Balaban J connectivity index is 1.79. The molecule has 0 aliphatic carbocycles. The summed E-state index contributed by atoms with van der Waals surface area (Å²) in [6.45, 7) is 4.39. The van der Waals surface area contributed by atoms with Crippen LogP contribution in [-0.4, -0.2) is 22.1 Å². The highest BCUT2D eigenvalue weighted by Gasteiger charge is 2.33. The third-order valence-electron chi connectivity index (χ3n) is 4.64. The number of carbonyl (C=O) groups is 1. The molecular formula is C20H19N3O3. The molecule has 6 heteroatoms. The van der Waals surface area contributed by atoms with Gasteiger partial charge in [0.1, 0.15) is 18.1 Å². The Morgan fingerprint density at radius 1 is 1.12 bits per heavy atom. The van der Waals surface area contributed by atoms with Crippen LogP contribution in [-0.2, 0) is 11.3 Å². The van der Waals surface area contributed by atoms with Gasteiger partial charge in [-0.2, -0.15) is 0 Å². The molecule has 3 aromatic rings. The maximum atomic E-state index is 12.8. The quantitative estimate of drug-likeness (QED) is 0.729. The Kier molecular flexibility index (Phi) is 3.95. The minimum absolute atomic E-state index is 0.0104. The number of anilines is 1. The molecule has 1 aliphatic heterocycles. The molecule has 0 saturated heterocycles. The summed E-state index contributed by atoms with van der Waals surface area (Å²) < 4.78 is 6.95. The summed E-state index contributed by atoms with van der Waals surface area (Å²) in [7, 11) is 0. The van der Waals surface area contributed by atoms with Gasteiger partial charge in [-0.1, -0.05) is 12.1 Å². The molecule has 6 nitrogen and oxygen atoms in total. The Hall–Kier alpha value is -3.15. The first kappa shape index (κ1) is 16.3. The van der Waals surface area contributed by atoms with E-state index in [-0.39, 0.29) is 24.1 Å². The van der Waals surface area contributed by atoms with Gasteiger partial charge in [-0.3, -0.25) is 14.2 Å². The largest absolute Gasteiger partial charge is 0.494 e. The van der Waals surface area contributed by atoms with E-state index in [1.54, 1.807) is 17.0 Å². The fourth-order valence-corrected chi connectivity index (χ4v) is 3.44. The summed E-state index contributed by atoms with van der Waals surface area (Å²) in [5.41, 5.74) is 1.24. The lowest BCUT2D eigenvalue weighted by atomic mass is 10.1. The molecule has 0 N–H and O–H groups in total. The highest BCUT2D eigenvalue weighted by Crippen LogP contribution is 2.31. The maximum absolute atomic E-state index is 12.8. The molecule has 0 radical (unpaired) electrons. The van der Waals surface area contributed by atoms with Crippen LogP contribution in [0.5, 0.6) is 5.75 Å². The summed E-state index contributed by atoms with van der Waals surface area (Å²) in [5.74, 6) is 1.23. The highest BCUT2D eigenvalue weighted by molar-refractivity contribution is 5.95. The Labute approximate surface area is 150 Å². The van der Waals surface area contributed by atoms with Crippen molar-refractivity contribution in [2.75, 3.05) is 11.5 Å². The number of hydrogen-bond donors (Lipinski definition) is 0. The molecule has 1 atom stereocenters. The normalized spacial score (nSPS) is 16.6. The van der Waals surface area contributed by atoms with E-state index >= 15 is 0 Å². The van der Waals surface area contributed by atoms with Gasteiger partial charge in [0.05, 0.1) is 23.6 Å². The van der Waals surface area contributed by atoms with Crippen LogP contribution in [0.4, 0.5) is 5.69 Å². The van der Waals surface area contributed by atoms with Crippen LogP contribution < -0.4 is 15.2 Å². The third-order valence-corrected chi connectivity index (χ3v) is 4.64. The van der Waals surface area contributed by atoms with Crippen LogP contribution >= 0.6 is 0 Å². The Morgan fingerprint density at radius 3 is 2.58 bits per heavy atom. The fraction of sp³-hybridized carbons (Fsp3) is 0.250. The smallest absolute Gasteiger partial charge is 0.261 e. The van der Waals surface area contributed by atoms with Crippen molar-refractivity contribution < 1.29 is 9.53 Å². The molecule has 2 aromatic carbocycles. The van der Waals surface area contributed by atoms with Crippen LogP contribution in [0.25, 0.3) is 10.9 Å². The van der Waals surface area contributed by atoms with Crippen molar-refractivity contribution in [3.63, 3.8) is 0 Å². The van der Waals surface area contributed by atoms with Crippen molar-refractivity contribution >= 4 is 22.5 Å². The van der Waals surface area contributed by atoms with Crippen LogP contribution in [0.1, 0.15) is 25.7 Å². The topological polar surface area (TPSA) is 64.4 Å². The molecule has 26 heavy (non-hydrogen) atoms. The monoisotopic (exact) mass is 349 g/mol. The Bertz CT molecular complexity index is 1040. The lowest BCUT2D eigenvalue weighted by Crippen LogP contribution is -2.46. The predicted octanol–water partition coefficient (Wildman–Crippen LogP) is 2.90. The predicted molar refractivity (Wildman–Crippen MR) is 99.5 cm³/mol. The maximum Gasteiger partial charge on any atom is 0.261 e. The van der Waals surface area contributed by atoms with Gasteiger partial charge < -0.3 is 9.64 Å². The van der Waals surface area contributed by atoms with Gasteiger partial charge in [0.25, 0.3) is 5.56 Å². The first-order valence-electron chi connectivity index (χ1n) is 8.64. The van der Waals surface area contributed by atoms with Gasteiger partial charge in [0, 0.05) is 5.69 Å². The van der Waals surface area contributed by atoms with Crippen molar-refractivity contribution in [2.24, 2.45) is 0 Å². The number of fused-ring (bicyclic) bond motifs is 2. The molecule has 1 aliphatic rings. The number of hydrogen-bond acceptors (Lipinski definition) is 4. The van der Waals surface area contributed by atoms with Crippen LogP contribution in [0.15, 0.2) is 53.3 Å². The summed E-state index contributed by atoms with van der Waals surface area (Å²) in [6, 6.07) is 14.3. The molecule has 0 bridgehead atoms. The van der Waals surface area contributed by atoms with Gasteiger partial charge in [-0.05, 0) is 50.2 Å². The summed E-state index contributed by atoms with van der Waals surface area (Å²) in [5, 5.41) is 0.533. The molecule has 0 saturated carbocycles. The second kappa shape index (κ2) is 6.29. The molecule has 0 fully saturated rings. The van der Waals surface area contributed by atoms with Crippen molar-refractivity contribution in [3.8, 4) is 5.75 Å². The molecule has 132 valence electrons. The van der Waals surface area contributed by atoms with Gasteiger partial charge >= 0.3 is 0 Å². The zero-order chi connectivity index (χ0) is 18.3. The fourth-order valence-electron chi connectivity index (χ4n) is 3.44. The first-order valence-corrected chi connectivity index (χ1v) is 8.64. The van der Waals surface area contributed by atoms with Crippen molar-refractivity contribution in [1.82, 2.24) is 9.55 Å².